The van der Waals surface area contributed by atoms with Gasteiger partial charge in [0.05, 0.1) is 19.0 Å². The molecule has 4 atom stereocenters. The average Bonchev–Trinajstić information content (AvgIpc) is 3.08. The highest BCUT2D eigenvalue weighted by molar-refractivity contribution is 8.46. The van der Waals surface area contributed by atoms with Crippen LogP contribution >= 0.6 is 18.8 Å². The number of aromatic nitrogens is 4. The van der Waals surface area contributed by atoms with Crippen LogP contribution in [-0.4, -0.2) is 52.1 Å². The maximum absolute atomic E-state index is 11.6. The Morgan fingerprint density at radius 1 is 1.52 bits per heavy atom. The molecule has 1 fully saturated rings. The van der Waals surface area contributed by atoms with E-state index in [1.807, 2.05) is 0 Å². The van der Waals surface area contributed by atoms with Crippen LogP contribution in [0.5, 0.6) is 0 Å². The molecule has 2 N–H and O–H groups in total. The number of imidazole rings is 1. The van der Waals surface area contributed by atoms with E-state index in [0.717, 1.165) is 0 Å². The number of nitrogens with zero attached hydrogens (tertiary/aromatic N) is 4. The first kappa shape index (κ1) is 16.7. The maximum Gasteiger partial charge on any atom is 0.251 e. The molecule has 11 heteroatoms. The van der Waals surface area contributed by atoms with Crippen LogP contribution in [0.25, 0.3) is 11.2 Å². The summed E-state index contributed by atoms with van der Waals surface area (Å²) in [6.07, 6.45) is 2.69. The predicted octanol–water partition coefficient (Wildman–Crippen LogP) is 1.48. The summed E-state index contributed by atoms with van der Waals surface area (Å²) in [6, 6.07) is 0. The fourth-order valence-corrected chi connectivity index (χ4v) is 3.19. The summed E-state index contributed by atoms with van der Waals surface area (Å²) in [4.78, 5) is 12.4. The smallest absolute Gasteiger partial charge is 0.251 e. The summed E-state index contributed by atoms with van der Waals surface area (Å²) in [7, 11) is 1.60. The molecule has 1 aliphatic heterocycles. The van der Waals surface area contributed by atoms with Crippen molar-refractivity contribution in [1.29, 1.82) is 0 Å². The molecule has 0 bridgehead atoms. The van der Waals surface area contributed by atoms with Gasteiger partial charge in [-0.15, -0.1) is 0 Å². The Morgan fingerprint density at radius 2 is 2.30 bits per heavy atom. The number of ether oxygens (including phenoxy) is 2. The lowest BCUT2D eigenvalue weighted by atomic mass is 10.2. The summed E-state index contributed by atoms with van der Waals surface area (Å²) in [5.41, 5.74) is 6.91. The van der Waals surface area contributed by atoms with E-state index in [-0.39, 0.29) is 25.0 Å². The van der Waals surface area contributed by atoms with Crippen molar-refractivity contribution in [2.75, 3.05) is 26.1 Å². The first-order valence-corrected chi connectivity index (χ1v) is 10.2. The third-order valence-corrected chi connectivity index (χ3v) is 4.63. The fourth-order valence-electron chi connectivity index (χ4n) is 2.56. The molecule has 0 spiro atoms. The normalized spacial score (nSPS) is 27.3. The molecule has 9 nitrogen and oxygen atoms in total. The Bertz CT molecular complexity index is 750. The SMILES string of the molecule is COC1C[C@H](n2cnc3c(N)ncnc32)O[C@@H]1COP(C)(=O)S. The van der Waals surface area contributed by atoms with Gasteiger partial charge in [0.1, 0.15) is 24.2 Å². The zero-order chi connectivity index (χ0) is 16.6. The lowest BCUT2D eigenvalue weighted by molar-refractivity contribution is -0.0453. The van der Waals surface area contributed by atoms with E-state index in [0.29, 0.717) is 23.4 Å². The summed E-state index contributed by atoms with van der Waals surface area (Å²) >= 11 is 3.92. The highest BCUT2D eigenvalue weighted by Gasteiger charge is 2.38. The minimum absolute atomic E-state index is 0.135. The van der Waals surface area contributed by atoms with Crippen molar-refractivity contribution < 1.29 is 18.6 Å². The molecule has 0 saturated carbocycles. The summed E-state index contributed by atoms with van der Waals surface area (Å²) in [5, 5.41) is 0. The standard InChI is InChI=1S/C12H18N5O4PS/c1-19-7-3-9(21-8(7)4-20-22(2,18)23)17-6-16-10-11(13)14-5-15-12(10)17/h5-9H,3-4H2,1-2H3,(H,18,23)(H2,13,14,15)/t7?,8-,9-,22?/m1/s1. The first-order chi connectivity index (χ1) is 10.9. The van der Waals surface area contributed by atoms with E-state index in [1.165, 1.54) is 13.0 Å². The summed E-state index contributed by atoms with van der Waals surface area (Å²) in [6.45, 7) is -1.31. The molecule has 23 heavy (non-hydrogen) atoms. The Labute approximate surface area is 138 Å². The first-order valence-electron chi connectivity index (χ1n) is 6.95. The molecular formula is C12H18N5O4PS. The van der Waals surface area contributed by atoms with Crippen molar-refractivity contribution >= 4 is 35.8 Å². The third kappa shape index (κ3) is 3.51. The lowest BCUT2D eigenvalue weighted by Crippen LogP contribution is -2.27. The van der Waals surface area contributed by atoms with Gasteiger partial charge in [-0.25, -0.2) is 15.0 Å². The van der Waals surface area contributed by atoms with Gasteiger partial charge in [0.25, 0.3) is 6.57 Å². The number of hydrogen-bond donors (Lipinski definition) is 2. The predicted molar refractivity (Wildman–Crippen MR) is 87.5 cm³/mol. The topological polar surface area (TPSA) is 114 Å². The lowest BCUT2D eigenvalue weighted by Gasteiger charge is -2.18. The van der Waals surface area contributed by atoms with Crippen molar-refractivity contribution in [1.82, 2.24) is 19.5 Å². The van der Waals surface area contributed by atoms with Crippen molar-refractivity contribution in [3.63, 3.8) is 0 Å². The molecule has 1 aliphatic rings. The molecule has 0 aromatic carbocycles. The van der Waals surface area contributed by atoms with Gasteiger partial charge in [-0.05, 0) is 0 Å². The van der Waals surface area contributed by atoms with Crippen molar-refractivity contribution in [2.24, 2.45) is 0 Å². The van der Waals surface area contributed by atoms with E-state index in [1.54, 1.807) is 18.0 Å². The molecule has 2 aromatic rings. The van der Waals surface area contributed by atoms with E-state index < -0.39 is 6.57 Å². The highest BCUT2D eigenvalue weighted by Crippen LogP contribution is 2.48. The number of thiol groups is 1. The van der Waals surface area contributed by atoms with Gasteiger partial charge in [-0.2, -0.15) is 0 Å². The Kier molecular flexibility index (Phi) is 4.61. The van der Waals surface area contributed by atoms with Crippen LogP contribution in [0.2, 0.25) is 0 Å². The number of nitrogens with two attached hydrogens (primary N) is 1. The van der Waals surface area contributed by atoms with E-state index >= 15 is 0 Å². The van der Waals surface area contributed by atoms with Crippen LogP contribution in [0.15, 0.2) is 12.7 Å². The number of hydrogen-bond acceptors (Lipinski definition) is 8. The van der Waals surface area contributed by atoms with Gasteiger partial charge < -0.3 is 19.7 Å². The zero-order valence-corrected chi connectivity index (χ0v) is 14.5. The molecule has 0 amide bonds. The highest BCUT2D eigenvalue weighted by atomic mass is 32.7. The number of nitrogen functional groups attached to an aromatic ring is 1. The summed E-state index contributed by atoms with van der Waals surface area (Å²) in [5.74, 6) is 0.317. The van der Waals surface area contributed by atoms with Crippen molar-refractivity contribution in [3.8, 4) is 0 Å². The van der Waals surface area contributed by atoms with Gasteiger partial charge in [0.2, 0.25) is 0 Å². The second kappa shape index (κ2) is 6.37. The third-order valence-electron chi connectivity index (χ3n) is 3.66. The molecule has 3 heterocycles. The Hall–Kier alpha value is -1.19. The Balaban J connectivity index is 1.81. The quantitative estimate of drug-likeness (QED) is 0.609. The minimum Gasteiger partial charge on any atom is -0.382 e. The second-order valence-corrected chi connectivity index (χ2v) is 9.36. The van der Waals surface area contributed by atoms with Crippen LogP contribution in [0.3, 0.4) is 0 Å². The van der Waals surface area contributed by atoms with Crippen molar-refractivity contribution in [2.45, 2.75) is 24.9 Å². The fraction of sp³-hybridized carbons (Fsp3) is 0.583. The molecule has 2 aromatic heterocycles. The monoisotopic (exact) mass is 359 g/mol. The molecular weight excluding hydrogens is 341 g/mol. The van der Waals surface area contributed by atoms with Crippen LogP contribution in [0.1, 0.15) is 12.6 Å². The van der Waals surface area contributed by atoms with Gasteiger partial charge in [-0.3, -0.25) is 9.13 Å². The zero-order valence-electron chi connectivity index (χ0n) is 12.7. The second-order valence-electron chi connectivity index (χ2n) is 5.32. The van der Waals surface area contributed by atoms with Gasteiger partial charge in [-0.1, -0.05) is 12.2 Å². The largest absolute Gasteiger partial charge is 0.382 e. The van der Waals surface area contributed by atoms with E-state index in [9.17, 15) is 4.57 Å². The van der Waals surface area contributed by atoms with E-state index in [2.05, 4.69) is 27.2 Å². The van der Waals surface area contributed by atoms with Crippen LogP contribution in [0.4, 0.5) is 5.82 Å². The minimum atomic E-state index is -2.88. The number of methoxy groups -OCH3 is 1. The number of fused-ring (bicyclic) bond motifs is 1. The van der Waals surface area contributed by atoms with Crippen LogP contribution in [0, 0.1) is 0 Å². The molecule has 126 valence electrons. The van der Waals surface area contributed by atoms with Gasteiger partial charge >= 0.3 is 0 Å². The van der Waals surface area contributed by atoms with Gasteiger partial charge in [0, 0.05) is 20.2 Å². The van der Waals surface area contributed by atoms with Crippen LogP contribution < -0.4 is 5.73 Å². The number of anilines is 1. The molecule has 1 saturated heterocycles. The number of rotatable bonds is 5. The molecule has 0 aliphatic carbocycles. The van der Waals surface area contributed by atoms with Crippen molar-refractivity contribution in [3.05, 3.63) is 12.7 Å². The van der Waals surface area contributed by atoms with Gasteiger partial charge in [0.15, 0.2) is 11.5 Å². The molecule has 3 rings (SSSR count). The summed E-state index contributed by atoms with van der Waals surface area (Å²) < 4.78 is 30.0. The Morgan fingerprint density at radius 3 is 3.00 bits per heavy atom. The maximum atomic E-state index is 11.6. The van der Waals surface area contributed by atoms with Crippen LogP contribution in [-0.2, 0) is 18.6 Å². The molecule has 0 radical (unpaired) electrons. The molecule has 2 unspecified atom stereocenters. The average molecular weight is 359 g/mol. The van der Waals surface area contributed by atoms with E-state index in [4.69, 9.17) is 19.7 Å².